The van der Waals surface area contributed by atoms with Gasteiger partial charge in [0.1, 0.15) is 0 Å². The maximum atomic E-state index is 13.4. The number of nitrogens with zero attached hydrogens (tertiary/aromatic N) is 3. The van der Waals surface area contributed by atoms with Gasteiger partial charge in [0.2, 0.25) is 15.9 Å². The number of aryl methyl sites for hydroxylation is 5. The monoisotopic (exact) mass is 469 g/mol. The minimum atomic E-state index is -3.63. The molecule has 0 radical (unpaired) electrons. The second-order valence-corrected chi connectivity index (χ2v) is 11.1. The van der Waals surface area contributed by atoms with Gasteiger partial charge < -0.3 is 0 Å². The Morgan fingerprint density at radius 2 is 1.36 bits per heavy atom. The standard InChI is InChI=1S/C25H31N3O4S/c1-16-13-19(4)24(20(5)14-16)33(31,32)27-11-9-26(10-12-27)21-15-22(29)28(25(21)30)23-17(2)7-6-8-18(23)3/h6-8,13-14,21H,9-12,15H2,1-5H3/t21-/m1/s1. The number of sulfonamides is 1. The number of amides is 2. The van der Waals surface area contributed by atoms with E-state index in [1.165, 1.54) is 9.21 Å². The van der Waals surface area contributed by atoms with Crippen molar-refractivity contribution in [2.75, 3.05) is 31.1 Å². The summed E-state index contributed by atoms with van der Waals surface area (Å²) < 4.78 is 28.2. The molecule has 1 atom stereocenters. The molecule has 0 aliphatic carbocycles. The van der Waals surface area contributed by atoms with Crippen LogP contribution in [0.3, 0.4) is 0 Å². The van der Waals surface area contributed by atoms with Gasteiger partial charge in [-0.2, -0.15) is 4.31 Å². The SMILES string of the molecule is Cc1cc(C)c(S(=O)(=O)N2CCN([C@@H]3CC(=O)N(c4c(C)cccc4C)C3=O)CC2)c(C)c1. The molecule has 0 bridgehead atoms. The molecule has 2 aliphatic rings. The lowest BCUT2D eigenvalue weighted by molar-refractivity contribution is -0.123. The molecule has 0 N–H and O–H groups in total. The van der Waals surface area contributed by atoms with E-state index in [4.69, 9.17) is 0 Å². The molecule has 8 heteroatoms. The maximum Gasteiger partial charge on any atom is 0.251 e. The summed E-state index contributed by atoms with van der Waals surface area (Å²) in [6.07, 6.45) is 0.121. The van der Waals surface area contributed by atoms with Crippen molar-refractivity contribution in [2.45, 2.75) is 52.0 Å². The van der Waals surface area contributed by atoms with E-state index >= 15 is 0 Å². The van der Waals surface area contributed by atoms with E-state index in [2.05, 4.69) is 0 Å². The van der Waals surface area contributed by atoms with Crippen LogP contribution >= 0.6 is 0 Å². The maximum absolute atomic E-state index is 13.4. The molecule has 33 heavy (non-hydrogen) atoms. The van der Waals surface area contributed by atoms with Crippen LogP contribution in [0.4, 0.5) is 5.69 Å². The number of piperazine rings is 1. The molecule has 2 saturated heterocycles. The van der Waals surface area contributed by atoms with Gasteiger partial charge in [-0.15, -0.1) is 0 Å². The first-order valence-corrected chi connectivity index (χ1v) is 12.7. The number of anilines is 1. The molecular formula is C25H31N3O4S. The van der Waals surface area contributed by atoms with Crippen LogP contribution in [0, 0.1) is 34.6 Å². The number of imide groups is 1. The van der Waals surface area contributed by atoms with Gasteiger partial charge in [0.25, 0.3) is 5.91 Å². The normalized spacial score (nSPS) is 20.6. The van der Waals surface area contributed by atoms with Crippen molar-refractivity contribution in [1.82, 2.24) is 9.21 Å². The molecule has 7 nitrogen and oxygen atoms in total. The number of carbonyl (C=O) groups excluding carboxylic acids is 2. The topological polar surface area (TPSA) is 78.0 Å². The Kier molecular flexibility index (Phi) is 6.20. The van der Waals surface area contributed by atoms with Gasteiger partial charge in [0, 0.05) is 26.2 Å². The fourth-order valence-electron chi connectivity index (χ4n) is 5.25. The third-order valence-electron chi connectivity index (χ3n) is 6.70. The lowest BCUT2D eigenvalue weighted by Crippen LogP contribution is -2.53. The fourth-order valence-corrected chi connectivity index (χ4v) is 7.09. The minimum Gasteiger partial charge on any atom is -0.289 e. The zero-order chi connectivity index (χ0) is 24.1. The molecular weight excluding hydrogens is 438 g/mol. The van der Waals surface area contributed by atoms with Gasteiger partial charge in [0.15, 0.2) is 0 Å². The van der Waals surface area contributed by atoms with E-state index in [0.29, 0.717) is 23.7 Å². The summed E-state index contributed by atoms with van der Waals surface area (Å²) >= 11 is 0. The number of hydrogen-bond donors (Lipinski definition) is 0. The van der Waals surface area contributed by atoms with Crippen LogP contribution in [0.1, 0.15) is 34.2 Å². The number of hydrogen-bond acceptors (Lipinski definition) is 5. The Hall–Kier alpha value is -2.55. The van der Waals surface area contributed by atoms with E-state index in [1.54, 1.807) is 0 Å². The highest BCUT2D eigenvalue weighted by Gasteiger charge is 2.45. The van der Waals surface area contributed by atoms with Crippen LogP contribution in [0.2, 0.25) is 0 Å². The summed E-state index contributed by atoms with van der Waals surface area (Å²) in [4.78, 5) is 29.7. The molecule has 2 amide bonds. The van der Waals surface area contributed by atoms with Crippen LogP contribution in [-0.4, -0.2) is 61.7 Å². The Labute approximate surface area is 196 Å². The fraction of sp³-hybridized carbons (Fsp3) is 0.440. The second kappa shape index (κ2) is 8.66. The van der Waals surface area contributed by atoms with E-state index < -0.39 is 16.1 Å². The Balaban J connectivity index is 1.51. The van der Waals surface area contributed by atoms with Crippen LogP contribution in [0.25, 0.3) is 0 Å². The summed E-state index contributed by atoms with van der Waals surface area (Å²) in [5, 5.41) is 0. The average molecular weight is 470 g/mol. The van der Waals surface area contributed by atoms with Crippen molar-refractivity contribution < 1.29 is 18.0 Å². The molecule has 4 rings (SSSR count). The predicted molar refractivity (Wildman–Crippen MR) is 128 cm³/mol. The smallest absolute Gasteiger partial charge is 0.251 e. The quantitative estimate of drug-likeness (QED) is 0.644. The number of carbonyl (C=O) groups is 2. The first-order chi connectivity index (χ1) is 15.5. The van der Waals surface area contributed by atoms with Gasteiger partial charge in [-0.1, -0.05) is 35.9 Å². The molecule has 2 aromatic carbocycles. The van der Waals surface area contributed by atoms with Crippen LogP contribution in [0.15, 0.2) is 35.2 Å². The van der Waals surface area contributed by atoms with Crippen molar-refractivity contribution in [3.8, 4) is 0 Å². The van der Waals surface area contributed by atoms with Crippen molar-refractivity contribution in [2.24, 2.45) is 0 Å². The molecule has 0 aromatic heterocycles. The summed E-state index contributed by atoms with van der Waals surface area (Å²) in [6.45, 7) is 10.8. The third kappa shape index (κ3) is 4.11. The van der Waals surface area contributed by atoms with Crippen molar-refractivity contribution >= 4 is 27.5 Å². The zero-order valence-electron chi connectivity index (χ0n) is 19.9. The molecule has 0 spiro atoms. The Bertz CT molecular complexity index is 1190. The highest BCUT2D eigenvalue weighted by Crippen LogP contribution is 2.32. The molecule has 0 saturated carbocycles. The first kappa shape index (κ1) is 23.6. The Morgan fingerprint density at radius 1 is 0.818 bits per heavy atom. The van der Waals surface area contributed by atoms with E-state index in [1.807, 2.05) is 69.9 Å². The van der Waals surface area contributed by atoms with E-state index in [9.17, 15) is 18.0 Å². The molecule has 176 valence electrons. The number of rotatable bonds is 4. The summed E-state index contributed by atoms with van der Waals surface area (Å²) in [6, 6.07) is 8.93. The van der Waals surface area contributed by atoms with Gasteiger partial charge in [-0.25, -0.2) is 13.3 Å². The molecule has 0 unspecified atom stereocenters. The predicted octanol–water partition coefficient (Wildman–Crippen LogP) is 2.87. The van der Waals surface area contributed by atoms with E-state index in [-0.39, 0.29) is 31.3 Å². The molecule has 2 aromatic rings. The van der Waals surface area contributed by atoms with Gasteiger partial charge >= 0.3 is 0 Å². The van der Waals surface area contributed by atoms with Crippen molar-refractivity contribution in [1.29, 1.82) is 0 Å². The molecule has 2 aliphatic heterocycles. The van der Waals surface area contributed by atoms with E-state index in [0.717, 1.165) is 27.8 Å². The number of benzene rings is 2. The van der Waals surface area contributed by atoms with Crippen molar-refractivity contribution in [3.05, 3.63) is 58.1 Å². The average Bonchev–Trinajstić information content (AvgIpc) is 3.01. The lowest BCUT2D eigenvalue weighted by atomic mass is 10.1. The highest BCUT2D eigenvalue weighted by atomic mass is 32.2. The van der Waals surface area contributed by atoms with Gasteiger partial charge in [-0.3, -0.25) is 14.5 Å². The first-order valence-electron chi connectivity index (χ1n) is 11.3. The zero-order valence-corrected chi connectivity index (χ0v) is 20.7. The second-order valence-electron chi connectivity index (χ2n) is 9.20. The van der Waals surface area contributed by atoms with Crippen LogP contribution in [-0.2, 0) is 19.6 Å². The highest BCUT2D eigenvalue weighted by molar-refractivity contribution is 7.89. The summed E-state index contributed by atoms with van der Waals surface area (Å²) in [5.41, 5.74) is 4.97. The number of para-hydroxylation sites is 1. The lowest BCUT2D eigenvalue weighted by Gasteiger charge is -2.36. The van der Waals surface area contributed by atoms with Crippen LogP contribution < -0.4 is 4.90 Å². The Morgan fingerprint density at radius 3 is 1.91 bits per heavy atom. The van der Waals surface area contributed by atoms with Crippen LogP contribution in [0.5, 0.6) is 0 Å². The largest absolute Gasteiger partial charge is 0.289 e. The summed E-state index contributed by atoms with van der Waals surface area (Å²) in [5.74, 6) is -0.428. The minimum absolute atomic E-state index is 0.121. The molecule has 2 heterocycles. The third-order valence-corrected chi connectivity index (χ3v) is 8.91. The van der Waals surface area contributed by atoms with Crippen molar-refractivity contribution in [3.63, 3.8) is 0 Å². The van der Waals surface area contributed by atoms with Gasteiger partial charge in [0.05, 0.1) is 23.0 Å². The van der Waals surface area contributed by atoms with Gasteiger partial charge in [-0.05, 0) is 56.9 Å². The summed E-state index contributed by atoms with van der Waals surface area (Å²) in [7, 11) is -3.63. The molecule has 2 fully saturated rings.